The van der Waals surface area contributed by atoms with E-state index in [2.05, 4.69) is 9.88 Å². The molecule has 1 aromatic heterocycles. The normalized spacial score (nSPS) is 14.2. The molecule has 140 valence electrons. The maximum absolute atomic E-state index is 12.9. The van der Waals surface area contributed by atoms with Crippen molar-refractivity contribution >= 4 is 44.4 Å². The standard InChI is InChI=1S/C19H17FN2O3S2/c1-24-15-3-2-4-16-18(15)21-19(27-16)22-9-13(10-22)25-17(23)11-26-14-7-5-12(20)6-8-14/h2-8,13H,9-11H2,1H3. The number of fused-ring (bicyclic) bond motifs is 1. The van der Waals surface area contributed by atoms with E-state index < -0.39 is 0 Å². The van der Waals surface area contributed by atoms with E-state index >= 15 is 0 Å². The van der Waals surface area contributed by atoms with Gasteiger partial charge in [-0.3, -0.25) is 4.79 Å². The molecule has 0 N–H and O–H groups in total. The van der Waals surface area contributed by atoms with Gasteiger partial charge in [-0.05, 0) is 36.4 Å². The second kappa shape index (κ2) is 7.74. The zero-order valence-electron chi connectivity index (χ0n) is 14.6. The average Bonchev–Trinajstić information content (AvgIpc) is 3.07. The van der Waals surface area contributed by atoms with Crippen molar-refractivity contribution in [1.29, 1.82) is 0 Å². The number of anilines is 1. The number of methoxy groups -OCH3 is 1. The van der Waals surface area contributed by atoms with Gasteiger partial charge in [0.15, 0.2) is 5.13 Å². The number of aromatic nitrogens is 1. The molecule has 0 bridgehead atoms. The first-order valence-corrected chi connectivity index (χ1v) is 10.2. The van der Waals surface area contributed by atoms with Crippen LogP contribution in [0, 0.1) is 5.82 Å². The molecule has 0 amide bonds. The summed E-state index contributed by atoms with van der Waals surface area (Å²) in [5.74, 6) is 0.417. The van der Waals surface area contributed by atoms with Gasteiger partial charge < -0.3 is 14.4 Å². The minimum atomic E-state index is -0.288. The Kier molecular flexibility index (Phi) is 5.18. The number of para-hydroxylation sites is 1. The zero-order chi connectivity index (χ0) is 18.8. The van der Waals surface area contributed by atoms with Crippen molar-refractivity contribution in [3.8, 4) is 5.75 Å². The summed E-state index contributed by atoms with van der Waals surface area (Å²) < 4.78 is 24.8. The van der Waals surface area contributed by atoms with Gasteiger partial charge in [-0.2, -0.15) is 0 Å². The Balaban J connectivity index is 1.28. The van der Waals surface area contributed by atoms with Gasteiger partial charge in [0, 0.05) is 4.90 Å². The second-order valence-electron chi connectivity index (χ2n) is 6.06. The fourth-order valence-corrected chi connectivity index (χ4v) is 4.46. The Bertz CT molecular complexity index is 955. The topological polar surface area (TPSA) is 51.7 Å². The highest BCUT2D eigenvalue weighted by Crippen LogP contribution is 2.36. The largest absolute Gasteiger partial charge is 0.494 e. The third-order valence-electron chi connectivity index (χ3n) is 4.18. The number of benzene rings is 2. The van der Waals surface area contributed by atoms with Crippen LogP contribution in [0.2, 0.25) is 0 Å². The predicted octanol–water partition coefficient (Wildman–Crippen LogP) is 3.97. The van der Waals surface area contributed by atoms with E-state index in [1.165, 1.54) is 23.9 Å². The number of thioether (sulfide) groups is 1. The summed E-state index contributed by atoms with van der Waals surface area (Å²) in [5, 5.41) is 0.905. The van der Waals surface area contributed by atoms with Crippen LogP contribution in [0.1, 0.15) is 0 Å². The highest BCUT2D eigenvalue weighted by atomic mass is 32.2. The molecule has 27 heavy (non-hydrogen) atoms. The number of carbonyl (C=O) groups is 1. The van der Waals surface area contributed by atoms with Crippen molar-refractivity contribution in [2.45, 2.75) is 11.0 Å². The molecule has 1 fully saturated rings. The van der Waals surface area contributed by atoms with Crippen LogP contribution in [0.4, 0.5) is 9.52 Å². The Morgan fingerprint density at radius 3 is 2.81 bits per heavy atom. The number of hydrogen-bond acceptors (Lipinski definition) is 7. The fourth-order valence-electron chi connectivity index (χ4n) is 2.77. The molecule has 1 saturated heterocycles. The van der Waals surface area contributed by atoms with Crippen LogP contribution in [-0.2, 0) is 9.53 Å². The number of rotatable bonds is 6. The minimum absolute atomic E-state index is 0.125. The van der Waals surface area contributed by atoms with Gasteiger partial charge in [-0.15, -0.1) is 11.8 Å². The van der Waals surface area contributed by atoms with Crippen LogP contribution in [0.25, 0.3) is 10.2 Å². The minimum Gasteiger partial charge on any atom is -0.494 e. The molecule has 0 spiro atoms. The summed E-state index contributed by atoms with van der Waals surface area (Å²) in [6.07, 6.45) is -0.125. The highest BCUT2D eigenvalue weighted by molar-refractivity contribution is 8.00. The maximum atomic E-state index is 12.9. The molecular formula is C19H17FN2O3S2. The van der Waals surface area contributed by atoms with Crippen LogP contribution in [0.3, 0.4) is 0 Å². The first-order chi connectivity index (χ1) is 13.1. The van der Waals surface area contributed by atoms with Crippen LogP contribution < -0.4 is 9.64 Å². The summed E-state index contributed by atoms with van der Waals surface area (Å²) in [6, 6.07) is 11.9. The molecule has 5 nitrogen and oxygen atoms in total. The molecule has 4 rings (SSSR count). The lowest BCUT2D eigenvalue weighted by Gasteiger charge is -2.38. The number of halogens is 1. The molecule has 8 heteroatoms. The van der Waals surface area contributed by atoms with Gasteiger partial charge in [0.2, 0.25) is 0 Å². The van der Waals surface area contributed by atoms with Crippen molar-refractivity contribution in [3.05, 3.63) is 48.3 Å². The molecular weight excluding hydrogens is 387 g/mol. The van der Waals surface area contributed by atoms with E-state index in [1.807, 2.05) is 18.2 Å². The first kappa shape index (κ1) is 18.1. The van der Waals surface area contributed by atoms with Gasteiger partial charge in [0.05, 0.1) is 30.7 Å². The third kappa shape index (κ3) is 4.01. The molecule has 1 aliphatic rings. The first-order valence-electron chi connectivity index (χ1n) is 8.39. The van der Waals surface area contributed by atoms with Gasteiger partial charge >= 0.3 is 5.97 Å². The number of nitrogens with zero attached hydrogens (tertiary/aromatic N) is 2. The van der Waals surface area contributed by atoms with Crippen molar-refractivity contribution in [3.63, 3.8) is 0 Å². The van der Waals surface area contributed by atoms with Crippen LogP contribution in [-0.4, -0.2) is 43.0 Å². The number of hydrogen-bond donors (Lipinski definition) is 0. The van der Waals surface area contributed by atoms with Gasteiger partial charge in [0.1, 0.15) is 23.2 Å². The van der Waals surface area contributed by atoms with Crippen LogP contribution in [0.5, 0.6) is 5.75 Å². The Morgan fingerprint density at radius 1 is 1.30 bits per heavy atom. The van der Waals surface area contributed by atoms with Crippen LogP contribution in [0.15, 0.2) is 47.4 Å². The lowest BCUT2D eigenvalue weighted by atomic mass is 10.2. The molecule has 1 aliphatic heterocycles. The number of thiazole rings is 1. The summed E-state index contributed by atoms with van der Waals surface area (Å²) in [7, 11) is 1.64. The molecule has 2 heterocycles. The summed E-state index contributed by atoms with van der Waals surface area (Å²) in [6.45, 7) is 1.27. The highest BCUT2D eigenvalue weighted by Gasteiger charge is 2.32. The third-order valence-corrected chi connectivity index (χ3v) is 6.24. The lowest BCUT2D eigenvalue weighted by molar-refractivity contribution is -0.146. The van der Waals surface area contributed by atoms with E-state index in [9.17, 15) is 9.18 Å². The summed E-state index contributed by atoms with van der Waals surface area (Å²) >= 11 is 2.94. The molecule has 0 saturated carbocycles. The van der Waals surface area contributed by atoms with E-state index in [0.717, 1.165) is 26.0 Å². The van der Waals surface area contributed by atoms with E-state index in [4.69, 9.17) is 9.47 Å². The van der Waals surface area contributed by atoms with Gasteiger partial charge in [-0.1, -0.05) is 17.4 Å². The molecule has 0 unspecified atom stereocenters. The van der Waals surface area contributed by atoms with E-state index in [0.29, 0.717) is 13.1 Å². The molecule has 0 radical (unpaired) electrons. The Morgan fingerprint density at radius 2 is 2.07 bits per heavy atom. The Labute approximate surface area is 164 Å². The average molecular weight is 404 g/mol. The molecule has 3 aromatic rings. The smallest absolute Gasteiger partial charge is 0.316 e. The lowest BCUT2D eigenvalue weighted by Crippen LogP contribution is -2.53. The van der Waals surface area contributed by atoms with Gasteiger partial charge in [-0.25, -0.2) is 9.37 Å². The SMILES string of the molecule is COc1cccc2sc(N3CC(OC(=O)CSc4ccc(F)cc4)C3)nc12. The number of ether oxygens (including phenoxy) is 2. The van der Waals surface area contributed by atoms with Crippen LogP contribution >= 0.6 is 23.1 Å². The molecule has 2 aromatic carbocycles. The van der Waals surface area contributed by atoms with Crippen molar-refractivity contribution in [1.82, 2.24) is 4.98 Å². The summed E-state index contributed by atoms with van der Waals surface area (Å²) in [5.41, 5.74) is 0.858. The van der Waals surface area contributed by atoms with Crippen molar-refractivity contribution < 1.29 is 18.7 Å². The fraction of sp³-hybridized carbons (Fsp3) is 0.263. The Hall–Kier alpha value is -2.32. The maximum Gasteiger partial charge on any atom is 0.316 e. The zero-order valence-corrected chi connectivity index (χ0v) is 16.2. The van der Waals surface area contributed by atoms with E-state index in [1.54, 1.807) is 30.6 Å². The quantitative estimate of drug-likeness (QED) is 0.458. The van der Waals surface area contributed by atoms with Gasteiger partial charge in [0.25, 0.3) is 0 Å². The number of carbonyl (C=O) groups excluding carboxylic acids is 1. The number of esters is 1. The molecule has 0 atom stereocenters. The van der Waals surface area contributed by atoms with Crippen molar-refractivity contribution in [2.75, 3.05) is 30.9 Å². The van der Waals surface area contributed by atoms with E-state index in [-0.39, 0.29) is 23.6 Å². The predicted molar refractivity (Wildman–Crippen MR) is 105 cm³/mol. The monoisotopic (exact) mass is 404 g/mol. The van der Waals surface area contributed by atoms with Crippen molar-refractivity contribution in [2.24, 2.45) is 0 Å². The molecule has 0 aliphatic carbocycles. The second-order valence-corrected chi connectivity index (χ2v) is 8.12. The summed E-state index contributed by atoms with van der Waals surface area (Å²) in [4.78, 5) is 19.6.